The Hall–Kier alpha value is -4.56. The predicted molar refractivity (Wildman–Crippen MR) is 158 cm³/mol. The number of Topliss-reactive ketones (excluding diaryl/α,β-unsaturated/α-hetero) is 1. The number of imidazole rings is 1. The number of nitrogens with one attached hydrogen (secondary N) is 2. The quantitative estimate of drug-likeness (QED) is 0.142. The zero-order valence-electron chi connectivity index (χ0n) is 23.9. The van der Waals surface area contributed by atoms with Crippen molar-refractivity contribution >= 4 is 51.9 Å². The third kappa shape index (κ3) is 7.50. The molecule has 44 heavy (non-hydrogen) atoms. The van der Waals surface area contributed by atoms with Crippen LogP contribution in [0.4, 0.5) is 29.3 Å². The minimum Gasteiger partial charge on any atom is -0.453 e. The lowest BCUT2D eigenvalue weighted by molar-refractivity contribution is -0.149. The molecule has 0 aliphatic rings. The smallest absolute Gasteiger partial charge is 0.417 e. The van der Waals surface area contributed by atoms with Crippen molar-refractivity contribution in [3.8, 4) is 5.69 Å². The number of esters is 1. The van der Waals surface area contributed by atoms with Crippen molar-refractivity contribution in [2.24, 2.45) is 11.7 Å². The zero-order valence-corrected chi connectivity index (χ0v) is 24.6. The van der Waals surface area contributed by atoms with Gasteiger partial charge in [-0.15, -0.1) is 0 Å². The van der Waals surface area contributed by atoms with E-state index in [9.17, 15) is 27.6 Å². The van der Waals surface area contributed by atoms with Gasteiger partial charge in [-0.2, -0.15) is 13.2 Å². The van der Waals surface area contributed by atoms with Crippen molar-refractivity contribution < 1.29 is 32.3 Å². The van der Waals surface area contributed by atoms with E-state index in [1.54, 1.807) is 35.8 Å². The predicted octanol–water partition coefficient (Wildman–Crippen LogP) is 6.01. The molecule has 2 aromatic heterocycles. The van der Waals surface area contributed by atoms with Crippen molar-refractivity contribution in [2.45, 2.75) is 51.9 Å². The van der Waals surface area contributed by atoms with E-state index in [1.807, 2.05) is 13.8 Å². The number of hydrogen-bond acceptors (Lipinski definition) is 8. The molecule has 2 aromatic carbocycles. The lowest BCUT2D eigenvalue weighted by Gasteiger charge is -2.20. The molecule has 0 saturated carbocycles. The molecule has 11 nitrogen and oxygen atoms in total. The summed E-state index contributed by atoms with van der Waals surface area (Å²) < 4.78 is 46.4. The van der Waals surface area contributed by atoms with Crippen LogP contribution in [0.2, 0.25) is 5.02 Å². The van der Waals surface area contributed by atoms with Crippen LogP contribution in [-0.4, -0.2) is 49.4 Å². The number of ketones is 1. The minimum absolute atomic E-state index is 0.0110. The van der Waals surface area contributed by atoms with Gasteiger partial charge in [0.2, 0.25) is 5.78 Å². The van der Waals surface area contributed by atoms with Gasteiger partial charge in [0.05, 0.1) is 10.6 Å². The largest absolute Gasteiger partial charge is 0.453 e. The second kappa shape index (κ2) is 13.4. The molecule has 0 bridgehead atoms. The molecule has 0 spiro atoms. The van der Waals surface area contributed by atoms with E-state index >= 15 is 0 Å². The maximum Gasteiger partial charge on any atom is 0.417 e. The van der Waals surface area contributed by atoms with Crippen molar-refractivity contribution in [1.29, 1.82) is 0 Å². The molecule has 4 N–H and O–H groups in total. The monoisotopic (exact) mass is 631 g/mol. The van der Waals surface area contributed by atoms with E-state index < -0.39 is 46.7 Å². The number of ether oxygens (including phenoxy) is 1. The number of benzene rings is 2. The fourth-order valence-corrected chi connectivity index (χ4v) is 4.43. The molecule has 2 heterocycles. The Balaban J connectivity index is 1.52. The first-order chi connectivity index (χ1) is 20.8. The molecule has 0 saturated heterocycles. The van der Waals surface area contributed by atoms with Gasteiger partial charge in [-0.25, -0.2) is 19.7 Å². The van der Waals surface area contributed by atoms with Gasteiger partial charge in [0.15, 0.2) is 11.8 Å². The fourth-order valence-electron chi connectivity index (χ4n) is 4.21. The highest BCUT2D eigenvalue weighted by molar-refractivity contribution is 6.31. The number of carbonyl (C=O) groups is 3. The number of hydrogen-bond donors (Lipinski definition) is 3. The second-order valence-corrected chi connectivity index (χ2v) is 10.7. The summed E-state index contributed by atoms with van der Waals surface area (Å²) in [6.45, 7) is 5.52. The summed E-state index contributed by atoms with van der Waals surface area (Å²) in [4.78, 5) is 51.0. The average molecular weight is 632 g/mol. The van der Waals surface area contributed by atoms with Gasteiger partial charge in [0.25, 0.3) is 0 Å². The second-order valence-electron chi connectivity index (χ2n) is 10.3. The van der Waals surface area contributed by atoms with E-state index in [4.69, 9.17) is 22.1 Å². The van der Waals surface area contributed by atoms with E-state index in [-0.39, 0.29) is 29.2 Å². The topological polar surface area (TPSA) is 154 Å². The van der Waals surface area contributed by atoms with Gasteiger partial charge in [0.1, 0.15) is 29.9 Å². The molecule has 4 aromatic rings. The summed E-state index contributed by atoms with van der Waals surface area (Å²) in [5.74, 6) is -1.17. The third-order valence-corrected chi connectivity index (χ3v) is 6.81. The lowest BCUT2D eigenvalue weighted by Crippen LogP contribution is -2.38. The lowest BCUT2D eigenvalue weighted by atomic mass is 10.0. The maximum absolute atomic E-state index is 13.5. The zero-order chi connectivity index (χ0) is 32.2. The Kier molecular flexibility index (Phi) is 9.85. The van der Waals surface area contributed by atoms with Gasteiger partial charge >= 0.3 is 18.2 Å². The first-order valence-corrected chi connectivity index (χ1v) is 13.9. The van der Waals surface area contributed by atoms with Crippen LogP contribution in [0.5, 0.6) is 0 Å². The molecule has 2 amide bonds. The molecule has 0 aliphatic heterocycles. The van der Waals surface area contributed by atoms with E-state index in [0.717, 1.165) is 12.1 Å². The molecule has 0 aliphatic carbocycles. The van der Waals surface area contributed by atoms with Crippen LogP contribution in [-0.2, 0) is 15.7 Å². The molecule has 2 unspecified atom stereocenters. The highest BCUT2D eigenvalue weighted by Crippen LogP contribution is 2.36. The van der Waals surface area contributed by atoms with E-state index in [0.29, 0.717) is 23.4 Å². The Labute approximate surface area is 255 Å². The van der Waals surface area contributed by atoms with E-state index in [2.05, 4.69) is 25.6 Å². The maximum atomic E-state index is 13.5. The fraction of sp³-hybridized carbons (Fsp3) is 0.310. The Morgan fingerprint density at radius 3 is 2.32 bits per heavy atom. The van der Waals surface area contributed by atoms with Gasteiger partial charge in [-0.1, -0.05) is 32.4 Å². The van der Waals surface area contributed by atoms with Crippen molar-refractivity contribution in [3.63, 3.8) is 0 Å². The van der Waals surface area contributed by atoms with Gasteiger partial charge in [-0.05, 0) is 61.2 Å². The number of nitrogens with zero attached hydrogens (tertiary/aromatic N) is 4. The number of alkyl halides is 3. The van der Waals surface area contributed by atoms with Crippen molar-refractivity contribution in [2.75, 3.05) is 10.6 Å². The molecule has 2 atom stereocenters. The van der Waals surface area contributed by atoms with Gasteiger partial charge in [0, 0.05) is 17.1 Å². The molecule has 0 radical (unpaired) electrons. The standard InChI is InChI=1S/C29H29ClF3N7O4/c1-4-21(34)27(42)44-22(11-15(2)3)25(41)23-24-26(36-13-35-23)40(14-37-24)18-8-5-16(6-9-18)38-28(43)39-17-7-10-20(30)19(12-17)29(31,32)33/h5-10,12-15,21-22H,4,11,34H2,1-3H3,(H2,38,39,43). The average Bonchev–Trinajstić information content (AvgIpc) is 3.41. The summed E-state index contributed by atoms with van der Waals surface area (Å²) in [5, 5.41) is 4.40. The highest BCUT2D eigenvalue weighted by Gasteiger charge is 2.33. The third-order valence-electron chi connectivity index (χ3n) is 6.48. The van der Waals surface area contributed by atoms with Gasteiger partial charge in [-0.3, -0.25) is 14.2 Å². The number of carbonyl (C=O) groups excluding carboxylic acids is 3. The first-order valence-electron chi connectivity index (χ1n) is 13.5. The minimum atomic E-state index is -4.68. The number of fused-ring (bicyclic) bond motifs is 1. The number of rotatable bonds is 10. The van der Waals surface area contributed by atoms with E-state index in [1.165, 1.54) is 18.7 Å². The van der Waals surface area contributed by atoms with Crippen molar-refractivity contribution in [1.82, 2.24) is 19.5 Å². The number of nitrogens with two attached hydrogens (primary N) is 1. The SMILES string of the molecule is CCC(N)C(=O)OC(CC(C)C)C(=O)c1ncnc2c1ncn2-c1ccc(NC(=O)Nc2ccc(Cl)c(C(F)(F)F)c2)cc1. The molecular weight excluding hydrogens is 603 g/mol. The Morgan fingerprint density at radius 2 is 1.68 bits per heavy atom. The van der Waals surface area contributed by atoms with Crippen LogP contribution >= 0.6 is 11.6 Å². The number of urea groups is 1. The van der Waals surface area contributed by atoms with Crippen LogP contribution in [0.1, 0.15) is 49.7 Å². The molecule has 232 valence electrons. The number of amides is 2. The van der Waals surface area contributed by atoms with Crippen LogP contribution in [0.3, 0.4) is 0 Å². The summed E-state index contributed by atoms with van der Waals surface area (Å²) in [5.41, 5.74) is 6.04. The number of aromatic nitrogens is 4. The molecule has 4 rings (SSSR count). The van der Waals surface area contributed by atoms with Crippen molar-refractivity contribution in [3.05, 3.63) is 71.4 Å². The summed E-state index contributed by atoms with van der Waals surface area (Å²) >= 11 is 5.63. The summed E-state index contributed by atoms with van der Waals surface area (Å²) in [6, 6.07) is 7.81. The summed E-state index contributed by atoms with van der Waals surface area (Å²) in [7, 11) is 0. The number of halogens is 4. The van der Waals surface area contributed by atoms with Crippen LogP contribution < -0.4 is 16.4 Å². The van der Waals surface area contributed by atoms with Crippen LogP contribution in [0.15, 0.2) is 55.1 Å². The van der Waals surface area contributed by atoms with Crippen LogP contribution in [0.25, 0.3) is 16.9 Å². The highest BCUT2D eigenvalue weighted by atomic mass is 35.5. The number of anilines is 2. The van der Waals surface area contributed by atoms with Gasteiger partial charge < -0.3 is 21.1 Å². The first kappa shape index (κ1) is 32.4. The Morgan fingerprint density at radius 1 is 1.02 bits per heavy atom. The Bertz CT molecular complexity index is 1680. The van der Waals surface area contributed by atoms with Crippen LogP contribution in [0, 0.1) is 5.92 Å². The normalized spacial score (nSPS) is 13.0. The molecule has 0 fully saturated rings. The summed E-state index contributed by atoms with van der Waals surface area (Å²) in [6.07, 6.45) is -2.51. The molecule has 15 heteroatoms. The molecular formula is C29H29ClF3N7O4.